The van der Waals surface area contributed by atoms with E-state index < -0.39 is 0 Å². The SMILES string of the molecule is CN=C(NCCn1cccc1)NCC1CCCc2ccccc21. The summed E-state index contributed by atoms with van der Waals surface area (Å²) in [6, 6.07) is 13.0. The molecule has 1 unspecified atom stereocenters. The smallest absolute Gasteiger partial charge is 0.191 e. The van der Waals surface area contributed by atoms with Crippen LogP contribution in [0.15, 0.2) is 53.8 Å². The number of fused-ring (bicyclic) bond motifs is 1. The summed E-state index contributed by atoms with van der Waals surface area (Å²) < 4.78 is 2.16. The van der Waals surface area contributed by atoms with Crippen molar-refractivity contribution >= 4 is 5.96 Å². The fourth-order valence-electron chi connectivity index (χ4n) is 3.33. The van der Waals surface area contributed by atoms with Crippen molar-refractivity contribution in [3.05, 3.63) is 59.9 Å². The molecule has 1 aromatic carbocycles. The molecule has 1 atom stereocenters. The number of hydrogen-bond acceptors (Lipinski definition) is 1. The fourth-order valence-corrected chi connectivity index (χ4v) is 3.33. The molecule has 0 fully saturated rings. The van der Waals surface area contributed by atoms with Gasteiger partial charge in [-0.15, -0.1) is 0 Å². The Morgan fingerprint density at radius 3 is 2.83 bits per heavy atom. The lowest BCUT2D eigenvalue weighted by Gasteiger charge is -2.26. The number of nitrogens with one attached hydrogen (secondary N) is 2. The maximum Gasteiger partial charge on any atom is 0.191 e. The van der Waals surface area contributed by atoms with E-state index in [1.54, 1.807) is 0 Å². The topological polar surface area (TPSA) is 41.4 Å². The van der Waals surface area contributed by atoms with E-state index in [0.29, 0.717) is 5.92 Å². The molecule has 0 amide bonds. The Morgan fingerprint density at radius 1 is 1.17 bits per heavy atom. The summed E-state index contributed by atoms with van der Waals surface area (Å²) in [4.78, 5) is 4.33. The molecule has 122 valence electrons. The van der Waals surface area contributed by atoms with Gasteiger partial charge in [0.05, 0.1) is 0 Å². The van der Waals surface area contributed by atoms with Gasteiger partial charge in [-0.1, -0.05) is 24.3 Å². The van der Waals surface area contributed by atoms with E-state index in [-0.39, 0.29) is 0 Å². The van der Waals surface area contributed by atoms with Gasteiger partial charge in [0.1, 0.15) is 0 Å². The van der Waals surface area contributed by atoms with Crippen molar-refractivity contribution < 1.29 is 0 Å². The van der Waals surface area contributed by atoms with Crippen molar-refractivity contribution in [1.29, 1.82) is 0 Å². The van der Waals surface area contributed by atoms with Crippen molar-refractivity contribution in [2.45, 2.75) is 31.7 Å². The van der Waals surface area contributed by atoms with E-state index >= 15 is 0 Å². The molecular formula is C19H26N4. The zero-order chi connectivity index (χ0) is 15.9. The van der Waals surface area contributed by atoms with Gasteiger partial charge in [0.2, 0.25) is 0 Å². The quantitative estimate of drug-likeness (QED) is 0.658. The molecule has 0 aliphatic heterocycles. The average Bonchev–Trinajstić information content (AvgIpc) is 3.11. The van der Waals surface area contributed by atoms with E-state index in [1.165, 1.54) is 30.4 Å². The summed E-state index contributed by atoms with van der Waals surface area (Å²) in [7, 11) is 1.83. The van der Waals surface area contributed by atoms with Gasteiger partial charge >= 0.3 is 0 Å². The van der Waals surface area contributed by atoms with Crippen LogP contribution in [0.2, 0.25) is 0 Å². The molecular weight excluding hydrogens is 284 g/mol. The van der Waals surface area contributed by atoms with Crippen LogP contribution >= 0.6 is 0 Å². The summed E-state index contributed by atoms with van der Waals surface area (Å²) in [5.41, 5.74) is 3.02. The Balaban J connectivity index is 1.49. The van der Waals surface area contributed by atoms with Crippen LogP contribution in [0.4, 0.5) is 0 Å². The summed E-state index contributed by atoms with van der Waals surface area (Å²) in [5, 5.41) is 6.88. The zero-order valence-electron chi connectivity index (χ0n) is 13.8. The molecule has 1 aliphatic rings. The van der Waals surface area contributed by atoms with Gasteiger partial charge < -0.3 is 15.2 Å². The highest BCUT2D eigenvalue weighted by Gasteiger charge is 2.19. The third-order valence-electron chi connectivity index (χ3n) is 4.56. The highest BCUT2D eigenvalue weighted by molar-refractivity contribution is 5.79. The maximum atomic E-state index is 4.33. The van der Waals surface area contributed by atoms with Gasteiger partial charge in [0.15, 0.2) is 5.96 Å². The number of rotatable bonds is 5. The Bertz CT molecular complexity index is 631. The van der Waals surface area contributed by atoms with Crippen molar-refractivity contribution in [2.75, 3.05) is 20.1 Å². The first kappa shape index (κ1) is 15.7. The van der Waals surface area contributed by atoms with Crippen LogP contribution < -0.4 is 10.6 Å². The zero-order valence-corrected chi connectivity index (χ0v) is 13.8. The Labute approximate surface area is 138 Å². The molecule has 0 saturated carbocycles. The molecule has 4 heteroatoms. The maximum absolute atomic E-state index is 4.33. The van der Waals surface area contributed by atoms with Crippen molar-refractivity contribution in [3.8, 4) is 0 Å². The molecule has 1 heterocycles. The molecule has 3 rings (SSSR count). The summed E-state index contributed by atoms with van der Waals surface area (Å²) >= 11 is 0. The third kappa shape index (κ3) is 4.15. The van der Waals surface area contributed by atoms with E-state index in [1.807, 2.05) is 19.2 Å². The standard InChI is InChI=1S/C19H26N4/c1-20-19(21-11-14-23-12-4-5-13-23)22-15-17-9-6-8-16-7-2-3-10-18(16)17/h2-5,7,10,12-13,17H,6,8-9,11,14-15H2,1H3,(H2,20,21,22). The van der Waals surface area contributed by atoms with Crippen molar-refractivity contribution in [2.24, 2.45) is 4.99 Å². The lowest BCUT2D eigenvalue weighted by Crippen LogP contribution is -2.41. The molecule has 0 radical (unpaired) electrons. The van der Waals surface area contributed by atoms with Gasteiger partial charge in [-0.25, -0.2) is 0 Å². The van der Waals surface area contributed by atoms with Gasteiger partial charge in [0, 0.05) is 45.0 Å². The molecule has 4 nitrogen and oxygen atoms in total. The van der Waals surface area contributed by atoms with Gasteiger partial charge in [0.25, 0.3) is 0 Å². The van der Waals surface area contributed by atoms with Crippen LogP contribution in [0.1, 0.15) is 29.9 Å². The van der Waals surface area contributed by atoms with Crippen LogP contribution in [0.3, 0.4) is 0 Å². The van der Waals surface area contributed by atoms with Crippen LogP contribution in [0.5, 0.6) is 0 Å². The first-order chi connectivity index (χ1) is 11.4. The normalized spacial score (nSPS) is 17.6. The Morgan fingerprint density at radius 2 is 2.00 bits per heavy atom. The fraction of sp³-hybridized carbons (Fsp3) is 0.421. The highest BCUT2D eigenvalue weighted by Crippen LogP contribution is 2.30. The van der Waals surface area contributed by atoms with Crippen molar-refractivity contribution in [1.82, 2.24) is 15.2 Å². The monoisotopic (exact) mass is 310 g/mol. The second kappa shape index (κ2) is 7.86. The molecule has 1 aromatic heterocycles. The number of aliphatic imine (C=N–C) groups is 1. The first-order valence-corrected chi connectivity index (χ1v) is 8.50. The van der Waals surface area contributed by atoms with E-state index in [4.69, 9.17) is 0 Å². The Kier molecular flexibility index (Phi) is 5.35. The predicted octanol–water partition coefficient (Wildman–Crippen LogP) is 2.77. The molecule has 2 aromatic rings. The number of aromatic nitrogens is 1. The minimum Gasteiger partial charge on any atom is -0.356 e. The summed E-state index contributed by atoms with van der Waals surface area (Å²) in [5.74, 6) is 1.48. The second-order valence-electron chi connectivity index (χ2n) is 6.09. The largest absolute Gasteiger partial charge is 0.356 e. The minimum atomic E-state index is 0.586. The number of guanidine groups is 1. The van der Waals surface area contributed by atoms with Crippen LogP contribution in [0.25, 0.3) is 0 Å². The second-order valence-corrected chi connectivity index (χ2v) is 6.09. The number of benzene rings is 1. The van der Waals surface area contributed by atoms with Crippen LogP contribution in [-0.2, 0) is 13.0 Å². The lowest BCUT2D eigenvalue weighted by atomic mass is 9.83. The van der Waals surface area contributed by atoms with Crippen molar-refractivity contribution in [3.63, 3.8) is 0 Å². The lowest BCUT2D eigenvalue weighted by molar-refractivity contribution is 0.538. The molecule has 0 bridgehead atoms. The van der Waals surface area contributed by atoms with Gasteiger partial charge in [-0.2, -0.15) is 0 Å². The average molecular weight is 310 g/mol. The van der Waals surface area contributed by atoms with E-state index in [2.05, 4.69) is 56.9 Å². The molecule has 0 saturated heterocycles. The molecule has 0 spiro atoms. The molecule has 1 aliphatic carbocycles. The Hall–Kier alpha value is -2.23. The molecule has 2 N–H and O–H groups in total. The van der Waals surface area contributed by atoms with Gasteiger partial charge in [-0.05, 0) is 42.5 Å². The minimum absolute atomic E-state index is 0.586. The third-order valence-corrected chi connectivity index (χ3v) is 4.56. The first-order valence-electron chi connectivity index (χ1n) is 8.50. The van der Waals surface area contributed by atoms with E-state index in [9.17, 15) is 0 Å². The van der Waals surface area contributed by atoms with Crippen LogP contribution in [0, 0.1) is 0 Å². The van der Waals surface area contributed by atoms with Crippen LogP contribution in [-0.4, -0.2) is 30.7 Å². The number of nitrogens with zero attached hydrogens (tertiary/aromatic N) is 2. The van der Waals surface area contributed by atoms with E-state index in [0.717, 1.165) is 25.6 Å². The number of hydrogen-bond donors (Lipinski definition) is 2. The summed E-state index contributed by atoms with van der Waals surface area (Å²) in [6.07, 6.45) is 7.91. The number of aryl methyl sites for hydroxylation is 1. The summed E-state index contributed by atoms with van der Waals surface area (Å²) in [6.45, 7) is 2.76. The van der Waals surface area contributed by atoms with Gasteiger partial charge in [-0.3, -0.25) is 4.99 Å². The highest BCUT2D eigenvalue weighted by atomic mass is 15.2. The predicted molar refractivity (Wildman–Crippen MR) is 95.9 cm³/mol. The molecule has 23 heavy (non-hydrogen) atoms.